The molecule has 0 aromatic carbocycles. The van der Waals surface area contributed by atoms with Crippen LogP contribution in [0.3, 0.4) is 0 Å². The molecule has 0 spiro atoms. The van der Waals surface area contributed by atoms with Gasteiger partial charge in [0.15, 0.2) is 0 Å². The van der Waals surface area contributed by atoms with Crippen LogP contribution in [-0.2, 0) is 0 Å². The molecule has 1 fully saturated rings. The molecule has 0 saturated heterocycles. The Hall–Kier alpha value is -0.0400. The summed E-state index contributed by atoms with van der Waals surface area (Å²) in [6.07, 6.45) is 11.1. The van der Waals surface area contributed by atoms with Gasteiger partial charge in [-0.2, -0.15) is 0 Å². The molecule has 1 heteroatoms. The van der Waals surface area contributed by atoms with Crippen LogP contribution in [0.4, 0.5) is 0 Å². The first-order valence-electron chi connectivity index (χ1n) is 7.65. The van der Waals surface area contributed by atoms with Crippen LogP contribution in [0.5, 0.6) is 0 Å². The van der Waals surface area contributed by atoms with Crippen LogP contribution in [0, 0.1) is 17.3 Å². The first kappa shape index (κ1) is 15.0. The lowest BCUT2D eigenvalue weighted by molar-refractivity contribution is 0.224. The molecule has 0 aromatic rings. The molecule has 1 nitrogen and oxygen atoms in total. The van der Waals surface area contributed by atoms with Gasteiger partial charge < -0.3 is 5.73 Å². The van der Waals surface area contributed by atoms with E-state index in [-0.39, 0.29) is 0 Å². The van der Waals surface area contributed by atoms with E-state index in [4.69, 9.17) is 5.73 Å². The van der Waals surface area contributed by atoms with Crippen molar-refractivity contribution in [3.63, 3.8) is 0 Å². The Morgan fingerprint density at radius 2 is 1.71 bits per heavy atom. The van der Waals surface area contributed by atoms with Crippen LogP contribution in [0.2, 0.25) is 0 Å². The van der Waals surface area contributed by atoms with Gasteiger partial charge in [0.05, 0.1) is 0 Å². The van der Waals surface area contributed by atoms with Crippen LogP contribution in [0.25, 0.3) is 0 Å². The second kappa shape index (κ2) is 6.78. The van der Waals surface area contributed by atoms with Gasteiger partial charge in [-0.15, -0.1) is 0 Å². The van der Waals surface area contributed by atoms with Crippen molar-refractivity contribution in [2.45, 2.75) is 85.1 Å². The number of rotatable bonds is 5. The van der Waals surface area contributed by atoms with Crippen molar-refractivity contribution in [1.29, 1.82) is 0 Å². The van der Waals surface area contributed by atoms with E-state index in [1.807, 2.05) is 0 Å². The Balaban J connectivity index is 2.18. The van der Waals surface area contributed by atoms with Crippen molar-refractivity contribution < 1.29 is 0 Å². The summed E-state index contributed by atoms with van der Waals surface area (Å²) >= 11 is 0. The zero-order valence-corrected chi connectivity index (χ0v) is 12.5. The quantitative estimate of drug-likeness (QED) is 0.736. The molecule has 102 valence electrons. The van der Waals surface area contributed by atoms with Gasteiger partial charge in [0, 0.05) is 6.04 Å². The Kier molecular flexibility index (Phi) is 5.99. The van der Waals surface area contributed by atoms with Gasteiger partial charge in [-0.3, -0.25) is 0 Å². The third-order valence-corrected chi connectivity index (χ3v) is 4.81. The molecule has 1 aliphatic rings. The van der Waals surface area contributed by atoms with Crippen LogP contribution in [-0.4, -0.2) is 6.04 Å². The van der Waals surface area contributed by atoms with Gasteiger partial charge >= 0.3 is 0 Å². The van der Waals surface area contributed by atoms with Crippen LogP contribution in [0.1, 0.15) is 79.1 Å². The Bertz CT molecular complexity index is 198. The van der Waals surface area contributed by atoms with Crippen LogP contribution in [0.15, 0.2) is 0 Å². The summed E-state index contributed by atoms with van der Waals surface area (Å²) in [6.45, 7) is 9.32. The summed E-state index contributed by atoms with van der Waals surface area (Å²) in [4.78, 5) is 0. The summed E-state index contributed by atoms with van der Waals surface area (Å²) < 4.78 is 0. The molecular formula is C16H33N. The number of hydrogen-bond acceptors (Lipinski definition) is 1. The average Bonchev–Trinajstić information content (AvgIpc) is 2.26. The van der Waals surface area contributed by atoms with Gasteiger partial charge in [0.25, 0.3) is 0 Å². The highest BCUT2D eigenvalue weighted by atomic mass is 14.6. The molecule has 0 radical (unpaired) electrons. The minimum absolute atomic E-state index is 0.405. The Labute approximate surface area is 109 Å². The van der Waals surface area contributed by atoms with Crippen LogP contribution >= 0.6 is 0 Å². The molecule has 0 heterocycles. The van der Waals surface area contributed by atoms with Gasteiger partial charge in [-0.25, -0.2) is 0 Å². The maximum absolute atomic E-state index is 6.29. The zero-order chi connectivity index (χ0) is 12.9. The lowest BCUT2D eigenvalue weighted by Gasteiger charge is -2.30. The maximum Gasteiger partial charge on any atom is 0.00416 e. The molecule has 2 N–H and O–H groups in total. The minimum atomic E-state index is 0.405. The standard InChI is InChI=1S/C16H33N/c1-13(16(2,3)4)12-15(17)11-10-14-8-6-5-7-9-14/h13-15H,5-12,17H2,1-4H3. The number of hydrogen-bond donors (Lipinski definition) is 1. The third kappa shape index (κ3) is 5.90. The van der Waals surface area contributed by atoms with Crippen molar-refractivity contribution in [2.75, 3.05) is 0 Å². The molecule has 0 aromatic heterocycles. The van der Waals surface area contributed by atoms with Crippen molar-refractivity contribution >= 4 is 0 Å². The molecule has 1 saturated carbocycles. The van der Waals surface area contributed by atoms with Crippen molar-refractivity contribution in [3.8, 4) is 0 Å². The molecule has 0 amide bonds. The zero-order valence-electron chi connectivity index (χ0n) is 12.5. The van der Waals surface area contributed by atoms with Crippen molar-refractivity contribution in [2.24, 2.45) is 23.0 Å². The lowest BCUT2D eigenvalue weighted by atomic mass is 9.77. The average molecular weight is 239 g/mol. The lowest BCUT2D eigenvalue weighted by Crippen LogP contribution is -2.29. The van der Waals surface area contributed by atoms with Crippen molar-refractivity contribution in [1.82, 2.24) is 0 Å². The minimum Gasteiger partial charge on any atom is -0.328 e. The van der Waals surface area contributed by atoms with E-state index in [1.165, 1.54) is 51.4 Å². The molecule has 1 rings (SSSR count). The molecule has 2 atom stereocenters. The maximum atomic E-state index is 6.29. The fourth-order valence-electron chi connectivity index (χ4n) is 2.85. The van der Waals surface area contributed by atoms with E-state index >= 15 is 0 Å². The highest BCUT2D eigenvalue weighted by Crippen LogP contribution is 2.31. The largest absolute Gasteiger partial charge is 0.328 e. The van der Waals surface area contributed by atoms with Gasteiger partial charge in [0.1, 0.15) is 0 Å². The van der Waals surface area contributed by atoms with Gasteiger partial charge in [-0.05, 0) is 36.5 Å². The summed E-state index contributed by atoms with van der Waals surface area (Å²) in [6, 6.07) is 0.422. The van der Waals surface area contributed by atoms with E-state index in [0.717, 1.165) is 11.8 Å². The predicted molar refractivity (Wildman–Crippen MR) is 77.0 cm³/mol. The summed E-state index contributed by atoms with van der Waals surface area (Å²) in [7, 11) is 0. The normalized spacial score (nSPS) is 22.4. The first-order chi connectivity index (χ1) is 7.89. The molecule has 2 unspecified atom stereocenters. The fraction of sp³-hybridized carbons (Fsp3) is 1.00. The highest BCUT2D eigenvalue weighted by Gasteiger charge is 2.22. The monoisotopic (exact) mass is 239 g/mol. The summed E-state index contributed by atoms with van der Waals surface area (Å²) in [5.41, 5.74) is 6.69. The molecule has 0 bridgehead atoms. The van der Waals surface area contributed by atoms with E-state index in [0.29, 0.717) is 11.5 Å². The van der Waals surface area contributed by atoms with E-state index < -0.39 is 0 Å². The molecule has 17 heavy (non-hydrogen) atoms. The first-order valence-corrected chi connectivity index (χ1v) is 7.65. The van der Waals surface area contributed by atoms with E-state index in [9.17, 15) is 0 Å². The topological polar surface area (TPSA) is 26.0 Å². The summed E-state index contributed by atoms with van der Waals surface area (Å²) in [5, 5.41) is 0. The second-order valence-electron chi connectivity index (χ2n) is 7.34. The second-order valence-corrected chi connectivity index (χ2v) is 7.34. The Morgan fingerprint density at radius 3 is 2.24 bits per heavy atom. The van der Waals surface area contributed by atoms with Gasteiger partial charge in [-0.1, -0.05) is 59.8 Å². The molecular weight excluding hydrogens is 206 g/mol. The van der Waals surface area contributed by atoms with Crippen molar-refractivity contribution in [3.05, 3.63) is 0 Å². The molecule has 1 aliphatic carbocycles. The predicted octanol–water partition coefficient (Wildman–Crippen LogP) is 4.75. The van der Waals surface area contributed by atoms with Gasteiger partial charge in [0.2, 0.25) is 0 Å². The highest BCUT2D eigenvalue weighted by molar-refractivity contribution is 4.76. The molecule has 0 aliphatic heterocycles. The smallest absolute Gasteiger partial charge is 0.00416 e. The third-order valence-electron chi connectivity index (χ3n) is 4.81. The SMILES string of the molecule is CC(CC(N)CCC1CCCCC1)C(C)(C)C. The van der Waals surface area contributed by atoms with E-state index in [2.05, 4.69) is 27.7 Å². The Morgan fingerprint density at radius 1 is 1.12 bits per heavy atom. The van der Waals surface area contributed by atoms with Crippen LogP contribution < -0.4 is 5.73 Å². The van der Waals surface area contributed by atoms with E-state index in [1.54, 1.807) is 0 Å². The number of nitrogens with two attached hydrogens (primary N) is 1. The fourth-order valence-corrected chi connectivity index (χ4v) is 2.85. The summed E-state index contributed by atoms with van der Waals surface area (Å²) in [5.74, 6) is 1.71.